The number of carbonyl (C=O) groups is 2. The predicted molar refractivity (Wildman–Crippen MR) is 130 cm³/mol. The molecule has 0 aliphatic carbocycles. The van der Waals surface area contributed by atoms with Crippen molar-refractivity contribution < 1.29 is 22.8 Å². The lowest BCUT2D eigenvalue weighted by Crippen LogP contribution is -2.33. The van der Waals surface area contributed by atoms with Crippen molar-refractivity contribution in [1.29, 1.82) is 0 Å². The Kier molecular flexibility index (Phi) is 9.58. The average molecular weight is 542 g/mol. The highest BCUT2D eigenvalue weighted by Crippen LogP contribution is 2.26. The molecule has 0 bridgehead atoms. The van der Waals surface area contributed by atoms with Gasteiger partial charge in [0.05, 0.1) is 25.5 Å². The minimum atomic E-state index is -2.75. The van der Waals surface area contributed by atoms with E-state index in [1.165, 1.54) is 21.9 Å². The van der Waals surface area contributed by atoms with Gasteiger partial charge in [0, 0.05) is 43.2 Å². The summed E-state index contributed by atoms with van der Waals surface area (Å²) < 4.78 is 43.0. The molecule has 1 aliphatic heterocycles. The SMILES string of the molecule is C=C(Cl)/C=C(/CNC(=O)c1cn(CCCCn2cc(NC(=O)CN3CCC(F)(F)C3)nn2)nn1)C(=C)F. The van der Waals surface area contributed by atoms with Gasteiger partial charge in [-0.2, -0.15) is 0 Å². The molecule has 11 nitrogen and oxygen atoms in total. The van der Waals surface area contributed by atoms with Crippen LogP contribution in [0, 0.1) is 0 Å². The molecule has 1 aliphatic rings. The fourth-order valence-corrected chi connectivity index (χ4v) is 3.66. The molecule has 2 amide bonds. The molecule has 200 valence electrons. The number of aromatic nitrogens is 6. The van der Waals surface area contributed by atoms with Crippen molar-refractivity contribution in [1.82, 2.24) is 40.2 Å². The van der Waals surface area contributed by atoms with Crippen molar-refractivity contribution in [3.63, 3.8) is 0 Å². The third kappa shape index (κ3) is 9.13. The van der Waals surface area contributed by atoms with Gasteiger partial charge in [-0.05, 0) is 18.9 Å². The number of hydrogen-bond acceptors (Lipinski definition) is 7. The zero-order valence-electron chi connectivity index (χ0n) is 20.0. The van der Waals surface area contributed by atoms with Crippen LogP contribution in [0.1, 0.15) is 29.8 Å². The van der Waals surface area contributed by atoms with Gasteiger partial charge in [0.2, 0.25) is 5.91 Å². The average Bonchev–Trinajstić information content (AvgIpc) is 3.54. The summed E-state index contributed by atoms with van der Waals surface area (Å²) in [6.07, 6.45) is 5.43. The molecular weight excluding hydrogens is 515 g/mol. The lowest BCUT2D eigenvalue weighted by atomic mass is 10.2. The Hall–Kier alpha value is -3.52. The van der Waals surface area contributed by atoms with Gasteiger partial charge in [0.15, 0.2) is 11.5 Å². The van der Waals surface area contributed by atoms with Gasteiger partial charge in [-0.1, -0.05) is 35.2 Å². The van der Waals surface area contributed by atoms with Crippen LogP contribution in [0.2, 0.25) is 0 Å². The van der Waals surface area contributed by atoms with Crippen LogP contribution in [0.25, 0.3) is 0 Å². The van der Waals surface area contributed by atoms with Crippen molar-refractivity contribution in [3.05, 3.63) is 53.8 Å². The van der Waals surface area contributed by atoms with Gasteiger partial charge in [-0.25, -0.2) is 13.2 Å². The highest BCUT2D eigenvalue weighted by molar-refractivity contribution is 6.30. The molecule has 3 heterocycles. The summed E-state index contributed by atoms with van der Waals surface area (Å²) in [6.45, 7) is 7.11. The maximum absolute atomic E-state index is 13.4. The van der Waals surface area contributed by atoms with Crippen LogP contribution in [0.4, 0.5) is 19.0 Å². The van der Waals surface area contributed by atoms with Crippen molar-refractivity contribution >= 4 is 29.2 Å². The normalized spacial score (nSPS) is 15.5. The topological polar surface area (TPSA) is 123 Å². The zero-order chi connectivity index (χ0) is 27.0. The first kappa shape index (κ1) is 28.1. The summed E-state index contributed by atoms with van der Waals surface area (Å²) in [7, 11) is 0. The second-order valence-electron chi connectivity index (χ2n) is 8.51. The minimum Gasteiger partial charge on any atom is -0.346 e. The summed E-state index contributed by atoms with van der Waals surface area (Å²) >= 11 is 5.64. The summed E-state index contributed by atoms with van der Waals surface area (Å²) in [5.74, 6) is -4.20. The number of anilines is 1. The fourth-order valence-electron chi connectivity index (χ4n) is 3.53. The van der Waals surface area contributed by atoms with Gasteiger partial charge in [-0.15, -0.1) is 10.2 Å². The molecule has 0 spiro atoms. The molecule has 2 aromatic rings. The Morgan fingerprint density at radius 1 is 1.14 bits per heavy atom. The molecule has 2 aromatic heterocycles. The molecule has 0 atom stereocenters. The summed E-state index contributed by atoms with van der Waals surface area (Å²) in [5.41, 5.74) is 0.163. The highest BCUT2D eigenvalue weighted by Gasteiger charge is 2.38. The molecule has 15 heteroatoms. The van der Waals surface area contributed by atoms with Gasteiger partial charge in [0.25, 0.3) is 11.8 Å². The summed E-state index contributed by atoms with van der Waals surface area (Å²) in [6, 6.07) is 0. The summed E-state index contributed by atoms with van der Waals surface area (Å²) in [5, 5.41) is 20.7. The smallest absolute Gasteiger partial charge is 0.273 e. The lowest BCUT2D eigenvalue weighted by Gasteiger charge is -2.14. The van der Waals surface area contributed by atoms with Crippen molar-refractivity contribution in [2.24, 2.45) is 0 Å². The largest absolute Gasteiger partial charge is 0.346 e. The van der Waals surface area contributed by atoms with E-state index in [2.05, 4.69) is 44.4 Å². The number of halogens is 4. The van der Waals surface area contributed by atoms with E-state index in [1.54, 1.807) is 10.9 Å². The molecule has 1 saturated heterocycles. The van der Waals surface area contributed by atoms with Crippen molar-refractivity contribution in [2.75, 3.05) is 31.5 Å². The van der Waals surface area contributed by atoms with Crippen molar-refractivity contribution in [2.45, 2.75) is 38.3 Å². The molecule has 0 aromatic carbocycles. The van der Waals surface area contributed by atoms with E-state index in [9.17, 15) is 22.8 Å². The van der Waals surface area contributed by atoms with Crippen LogP contribution in [0.3, 0.4) is 0 Å². The Labute approximate surface area is 216 Å². The van der Waals surface area contributed by atoms with E-state index in [-0.39, 0.29) is 48.2 Å². The maximum Gasteiger partial charge on any atom is 0.273 e. The van der Waals surface area contributed by atoms with E-state index in [1.807, 2.05) is 0 Å². The minimum absolute atomic E-state index is 0.0721. The molecule has 3 rings (SSSR count). The monoisotopic (exact) mass is 541 g/mol. The van der Waals surface area contributed by atoms with Gasteiger partial charge in [-0.3, -0.25) is 23.9 Å². The first-order valence-electron chi connectivity index (χ1n) is 11.4. The number of nitrogens with one attached hydrogen (secondary N) is 2. The van der Waals surface area contributed by atoms with Crippen LogP contribution in [0.15, 0.2) is 48.1 Å². The second-order valence-corrected chi connectivity index (χ2v) is 9.00. The van der Waals surface area contributed by atoms with E-state index < -0.39 is 30.1 Å². The number of aryl methyl sites for hydroxylation is 2. The van der Waals surface area contributed by atoms with E-state index in [0.29, 0.717) is 25.9 Å². The Balaban J connectivity index is 1.36. The standard InChI is InChI=1S/C22H27ClF3N9O2/c1-15(23)9-17(16(2)24)10-27-21(37)18-11-34(31-29-18)6-3-4-7-35-12-19(30-32-35)28-20(36)13-33-8-5-22(25,26)14-33/h9,11-12H,1-8,10,13-14H2,(H,27,37)(H,28,36)/b17-9-. The van der Waals surface area contributed by atoms with Crippen LogP contribution < -0.4 is 10.6 Å². The zero-order valence-corrected chi connectivity index (χ0v) is 20.7. The number of amides is 2. The first-order chi connectivity index (χ1) is 17.5. The Morgan fingerprint density at radius 2 is 1.81 bits per heavy atom. The highest BCUT2D eigenvalue weighted by atomic mass is 35.5. The van der Waals surface area contributed by atoms with E-state index in [4.69, 9.17) is 11.6 Å². The molecular formula is C22H27ClF3N9O2. The van der Waals surface area contributed by atoms with Crippen LogP contribution in [-0.4, -0.2) is 78.8 Å². The van der Waals surface area contributed by atoms with Crippen molar-refractivity contribution in [3.8, 4) is 0 Å². The third-order valence-corrected chi connectivity index (χ3v) is 5.45. The molecule has 2 N–H and O–H groups in total. The van der Waals surface area contributed by atoms with E-state index >= 15 is 0 Å². The molecule has 0 radical (unpaired) electrons. The number of rotatable bonds is 13. The Bertz CT molecular complexity index is 1180. The lowest BCUT2D eigenvalue weighted by molar-refractivity contribution is -0.117. The number of likely N-dealkylation sites (tertiary alicyclic amines) is 1. The number of alkyl halides is 2. The maximum atomic E-state index is 13.4. The molecule has 37 heavy (non-hydrogen) atoms. The summed E-state index contributed by atoms with van der Waals surface area (Å²) in [4.78, 5) is 25.7. The molecule has 0 unspecified atom stereocenters. The number of carbonyl (C=O) groups excluding carboxylic acids is 2. The van der Waals surface area contributed by atoms with Crippen LogP contribution in [0.5, 0.6) is 0 Å². The molecule has 1 fully saturated rings. The number of hydrogen-bond donors (Lipinski definition) is 2. The van der Waals surface area contributed by atoms with Gasteiger partial charge in [0.1, 0.15) is 5.83 Å². The van der Waals surface area contributed by atoms with Crippen LogP contribution >= 0.6 is 11.6 Å². The predicted octanol–water partition coefficient (Wildman–Crippen LogP) is 2.52. The third-order valence-electron chi connectivity index (χ3n) is 5.34. The fraction of sp³-hybridized carbons (Fsp3) is 0.455. The first-order valence-corrected chi connectivity index (χ1v) is 11.8. The quantitative estimate of drug-likeness (QED) is 0.295. The van der Waals surface area contributed by atoms with Gasteiger partial charge >= 0.3 is 0 Å². The number of nitrogens with zero attached hydrogens (tertiary/aromatic N) is 7. The second kappa shape index (κ2) is 12.6. The van der Waals surface area contributed by atoms with Crippen LogP contribution in [-0.2, 0) is 17.9 Å². The Morgan fingerprint density at radius 3 is 2.43 bits per heavy atom. The van der Waals surface area contributed by atoms with E-state index in [0.717, 1.165) is 0 Å². The number of unbranched alkanes of at least 4 members (excludes halogenated alkanes) is 1. The molecule has 0 saturated carbocycles. The number of allylic oxidation sites excluding steroid dienone is 2. The van der Waals surface area contributed by atoms with Gasteiger partial charge < -0.3 is 10.6 Å².